The van der Waals surface area contributed by atoms with Gasteiger partial charge in [-0.15, -0.1) is 11.8 Å². The summed E-state index contributed by atoms with van der Waals surface area (Å²) in [5.74, 6) is 1.28. The topological polar surface area (TPSA) is 45.7 Å². The Kier molecular flexibility index (Phi) is 6.18. The lowest BCUT2D eigenvalue weighted by Gasteiger charge is -2.34. The molecule has 2 heterocycles. The zero-order chi connectivity index (χ0) is 20.4. The molecule has 1 saturated heterocycles. The smallest absolute Gasteiger partial charge is 0.233 e. The van der Waals surface area contributed by atoms with Crippen LogP contribution in [0.4, 0.5) is 5.13 Å². The number of fused-ring (bicyclic) bond motifs is 1. The van der Waals surface area contributed by atoms with Crippen LogP contribution in [0, 0.1) is 6.92 Å². The van der Waals surface area contributed by atoms with Gasteiger partial charge in [-0.2, -0.15) is 0 Å². The van der Waals surface area contributed by atoms with Gasteiger partial charge in [0.25, 0.3) is 0 Å². The van der Waals surface area contributed by atoms with Gasteiger partial charge in [0.05, 0.1) is 22.6 Å². The van der Waals surface area contributed by atoms with Gasteiger partial charge in [0, 0.05) is 31.1 Å². The maximum absolute atomic E-state index is 12.6. The van der Waals surface area contributed by atoms with Gasteiger partial charge in [0.1, 0.15) is 5.52 Å². The molecule has 152 valence electrons. The number of carbonyl (C=O) groups excluding carboxylic acids is 1. The SMILES string of the molecule is COc1c(Cl)ccc2sc(N3CCN(C(=O)CSc4ccc(C)cc4)CC3)nc12. The lowest BCUT2D eigenvalue weighted by atomic mass is 10.2. The number of thiazole rings is 1. The Hall–Kier alpha value is -1.96. The summed E-state index contributed by atoms with van der Waals surface area (Å²) in [5.41, 5.74) is 2.03. The number of hydrogen-bond acceptors (Lipinski definition) is 6. The first-order valence-corrected chi connectivity index (χ1v) is 11.6. The summed E-state index contributed by atoms with van der Waals surface area (Å²) in [4.78, 5) is 22.6. The molecular formula is C21H22ClN3O2S2. The number of aromatic nitrogens is 1. The Bertz CT molecular complexity index is 1010. The third-order valence-corrected chi connectivity index (χ3v) is 7.32. The van der Waals surface area contributed by atoms with E-state index in [4.69, 9.17) is 21.3 Å². The predicted molar refractivity (Wildman–Crippen MR) is 122 cm³/mol. The number of aryl methyl sites for hydroxylation is 1. The summed E-state index contributed by atoms with van der Waals surface area (Å²) in [7, 11) is 1.61. The van der Waals surface area contributed by atoms with E-state index in [1.807, 2.05) is 17.0 Å². The predicted octanol–water partition coefficient (Wildman–Crippen LogP) is 4.71. The molecule has 0 spiro atoms. The molecule has 1 fully saturated rings. The van der Waals surface area contributed by atoms with Gasteiger partial charge in [0.15, 0.2) is 10.9 Å². The summed E-state index contributed by atoms with van der Waals surface area (Å²) >= 11 is 9.44. The molecule has 1 aromatic heterocycles. The molecule has 0 aliphatic carbocycles. The van der Waals surface area contributed by atoms with E-state index in [-0.39, 0.29) is 5.91 Å². The van der Waals surface area contributed by atoms with Gasteiger partial charge in [-0.1, -0.05) is 40.6 Å². The highest BCUT2D eigenvalue weighted by Crippen LogP contribution is 2.38. The highest BCUT2D eigenvalue weighted by molar-refractivity contribution is 8.00. The molecule has 0 saturated carbocycles. The zero-order valence-corrected chi connectivity index (χ0v) is 18.7. The Balaban J connectivity index is 1.36. The van der Waals surface area contributed by atoms with Crippen LogP contribution in [0.2, 0.25) is 5.02 Å². The van der Waals surface area contributed by atoms with Crippen molar-refractivity contribution in [1.29, 1.82) is 0 Å². The van der Waals surface area contributed by atoms with E-state index in [0.717, 1.165) is 33.3 Å². The van der Waals surface area contributed by atoms with E-state index in [0.29, 0.717) is 29.6 Å². The monoisotopic (exact) mass is 447 g/mol. The van der Waals surface area contributed by atoms with Gasteiger partial charge in [-0.3, -0.25) is 4.79 Å². The van der Waals surface area contributed by atoms with Crippen LogP contribution >= 0.6 is 34.7 Å². The number of benzene rings is 2. The Morgan fingerprint density at radius 3 is 2.59 bits per heavy atom. The molecule has 0 N–H and O–H groups in total. The molecule has 1 amide bonds. The summed E-state index contributed by atoms with van der Waals surface area (Å²) in [6, 6.07) is 12.1. The van der Waals surface area contributed by atoms with Crippen molar-refractivity contribution in [2.75, 3.05) is 43.9 Å². The van der Waals surface area contributed by atoms with Gasteiger partial charge in [-0.25, -0.2) is 4.98 Å². The van der Waals surface area contributed by atoms with Crippen LogP contribution in [0.5, 0.6) is 5.75 Å². The van der Waals surface area contributed by atoms with Crippen LogP contribution in [0.25, 0.3) is 10.2 Å². The number of piperazine rings is 1. The maximum atomic E-state index is 12.6. The maximum Gasteiger partial charge on any atom is 0.233 e. The van der Waals surface area contributed by atoms with E-state index in [2.05, 4.69) is 36.1 Å². The van der Waals surface area contributed by atoms with E-state index in [1.165, 1.54) is 5.56 Å². The Morgan fingerprint density at radius 1 is 1.17 bits per heavy atom. The molecule has 1 aliphatic heterocycles. The molecule has 29 heavy (non-hydrogen) atoms. The number of nitrogens with zero attached hydrogens (tertiary/aromatic N) is 3. The van der Waals surface area contributed by atoms with Crippen LogP contribution in [0.15, 0.2) is 41.3 Å². The second-order valence-corrected chi connectivity index (χ2v) is 9.36. The van der Waals surface area contributed by atoms with Crippen molar-refractivity contribution in [2.45, 2.75) is 11.8 Å². The minimum atomic E-state index is 0.188. The van der Waals surface area contributed by atoms with Crippen molar-refractivity contribution in [3.8, 4) is 5.75 Å². The Labute approximate surface area is 183 Å². The molecule has 0 unspecified atom stereocenters. The van der Waals surface area contributed by atoms with E-state index >= 15 is 0 Å². The first kappa shape index (κ1) is 20.3. The van der Waals surface area contributed by atoms with Gasteiger partial charge in [-0.05, 0) is 31.2 Å². The van der Waals surface area contributed by atoms with Crippen molar-refractivity contribution >= 4 is 56.0 Å². The molecule has 4 rings (SSSR count). The van der Waals surface area contributed by atoms with Crippen molar-refractivity contribution in [3.05, 3.63) is 47.0 Å². The van der Waals surface area contributed by atoms with E-state index < -0.39 is 0 Å². The first-order valence-electron chi connectivity index (χ1n) is 9.40. The number of thioether (sulfide) groups is 1. The molecule has 1 aliphatic rings. The largest absolute Gasteiger partial charge is 0.493 e. The first-order chi connectivity index (χ1) is 14.0. The number of anilines is 1. The fourth-order valence-corrected chi connectivity index (χ4v) is 5.33. The number of halogens is 1. The number of methoxy groups -OCH3 is 1. The van der Waals surface area contributed by atoms with Crippen LogP contribution < -0.4 is 9.64 Å². The minimum absolute atomic E-state index is 0.188. The Morgan fingerprint density at radius 2 is 1.90 bits per heavy atom. The zero-order valence-electron chi connectivity index (χ0n) is 16.4. The average Bonchev–Trinajstić information content (AvgIpc) is 3.17. The summed E-state index contributed by atoms with van der Waals surface area (Å²) in [6.45, 7) is 5.03. The van der Waals surface area contributed by atoms with E-state index in [9.17, 15) is 4.79 Å². The molecule has 0 radical (unpaired) electrons. The van der Waals surface area contributed by atoms with Gasteiger partial charge < -0.3 is 14.5 Å². The second-order valence-electron chi connectivity index (χ2n) is 6.89. The average molecular weight is 448 g/mol. The number of carbonyl (C=O) groups is 1. The van der Waals surface area contributed by atoms with Crippen LogP contribution in [-0.4, -0.2) is 54.8 Å². The quantitative estimate of drug-likeness (QED) is 0.530. The number of hydrogen-bond donors (Lipinski definition) is 0. The lowest BCUT2D eigenvalue weighted by Crippen LogP contribution is -2.49. The third-order valence-electron chi connectivity index (χ3n) is 4.95. The molecule has 5 nitrogen and oxygen atoms in total. The summed E-state index contributed by atoms with van der Waals surface area (Å²) < 4.78 is 6.47. The molecule has 3 aromatic rings. The molecule has 2 aromatic carbocycles. The van der Waals surface area contributed by atoms with Crippen LogP contribution in [0.1, 0.15) is 5.56 Å². The van der Waals surface area contributed by atoms with Crippen LogP contribution in [0.3, 0.4) is 0 Å². The molecule has 0 atom stereocenters. The van der Waals surface area contributed by atoms with Crippen molar-refractivity contribution in [3.63, 3.8) is 0 Å². The van der Waals surface area contributed by atoms with E-state index in [1.54, 1.807) is 30.2 Å². The van der Waals surface area contributed by atoms with Crippen LogP contribution in [-0.2, 0) is 4.79 Å². The summed E-state index contributed by atoms with van der Waals surface area (Å²) in [6.07, 6.45) is 0. The van der Waals surface area contributed by atoms with Crippen molar-refractivity contribution in [1.82, 2.24) is 9.88 Å². The minimum Gasteiger partial charge on any atom is -0.493 e. The standard InChI is InChI=1S/C21H22ClN3O2S2/c1-14-3-5-15(6-4-14)28-13-18(26)24-9-11-25(12-10-24)21-23-19-17(29-21)8-7-16(22)20(19)27-2/h3-8H,9-13H2,1-2H3. The highest BCUT2D eigenvalue weighted by Gasteiger charge is 2.24. The van der Waals surface area contributed by atoms with Crippen molar-refractivity contribution in [2.24, 2.45) is 0 Å². The lowest BCUT2D eigenvalue weighted by molar-refractivity contribution is -0.128. The third kappa shape index (κ3) is 4.47. The van der Waals surface area contributed by atoms with Crippen molar-refractivity contribution < 1.29 is 9.53 Å². The van der Waals surface area contributed by atoms with Gasteiger partial charge in [0.2, 0.25) is 5.91 Å². The molecular weight excluding hydrogens is 426 g/mol. The fraction of sp³-hybridized carbons (Fsp3) is 0.333. The molecule has 0 bridgehead atoms. The number of amides is 1. The van der Waals surface area contributed by atoms with Gasteiger partial charge >= 0.3 is 0 Å². The molecule has 8 heteroatoms. The number of rotatable bonds is 5. The fourth-order valence-electron chi connectivity index (χ4n) is 3.28. The normalized spacial score (nSPS) is 14.4. The number of ether oxygens (including phenoxy) is 1. The summed E-state index contributed by atoms with van der Waals surface area (Å²) in [5, 5.41) is 1.51. The second kappa shape index (κ2) is 8.81. The highest BCUT2D eigenvalue weighted by atomic mass is 35.5.